The average Bonchev–Trinajstić information content (AvgIpc) is 2.85. The lowest BCUT2D eigenvalue weighted by molar-refractivity contribution is 0.411. The Kier molecular flexibility index (Phi) is 4.79. The first-order valence-corrected chi connectivity index (χ1v) is 6.93. The van der Waals surface area contributed by atoms with E-state index in [9.17, 15) is 0 Å². The molecule has 0 aliphatic heterocycles. The van der Waals surface area contributed by atoms with Gasteiger partial charge in [-0.1, -0.05) is 12.1 Å². The first-order valence-electron chi connectivity index (χ1n) is 6.93. The van der Waals surface area contributed by atoms with E-state index in [-0.39, 0.29) is 0 Å². The van der Waals surface area contributed by atoms with E-state index in [0.717, 1.165) is 18.6 Å². The van der Waals surface area contributed by atoms with Crippen LogP contribution in [0.4, 0.5) is 0 Å². The summed E-state index contributed by atoms with van der Waals surface area (Å²) in [5.41, 5.74) is 3.75. The van der Waals surface area contributed by atoms with Crippen molar-refractivity contribution in [3.8, 4) is 5.75 Å². The molecule has 2 rings (SSSR count). The summed E-state index contributed by atoms with van der Waals surface area (Å²) in [6, 6.07) is 6.72. The molecule has 0 radical (unpaired) electrons. The summed E-state index contributed by atoms with van der Waals surface area (Å²) < 4.78 is 7.16. The summed E-state index contributed by atoms with van der Waals surface area (Å²) in [7, 11) is 5.67. The molecule has 0 bridgehead atoms. The smallest absolute Gasteiger partial charge is 0.121 e. The van der Waals surface area contributed by atoms with E-state index < -0.39 is 0 Å². The number of rotatable bonds is 6. The highest BCUT2D eigenvalue weighted by Crippen LogP contribution is 2.25. The van der Waals surface area contributed by atoms with E-state index in [1.165, 1.54) is 16.7 Å². The fourth-order valence-electron chi connectivity index (χ4n) is 2.51. The Hall–Kier alpha value is -1.81. The maximum atomic E-state index is 5.31. The van der Waals surface area contributed by atoms with E-state index >= 15 is 0 Å². The second-order valence-electron chi connectivity index (χ2n) is 5.13. The van der Waals surface area contributed by atoms with E-state index in [4.69, 9.17) is 4.74 Å². The van der Waals surface area contributed by atoms with Crippen LogP contribution in [-0.4, -0.2) is 23.9 Å². The Balaban J connectivity index is 2.06. The molecule has 1 N–H and O–H groups in total. The highest BCUT2D eigenvalue weighted by Gasteiger charge is 2.11. The van der Waals surface area contributed by atoms with Crippen LogP contribution in [0, 0.1) is 6.92 Å². The molecular weight excluding hydrogens is 250 g/mol. The normalized spacial score (nSPS) is 12.4. The van der Waals surface area contributed by atoms with E-state index in [1.54, 1.807) is 7.11 Å². The van der Waals surface area contributed by atoms with Gasteiger partial charge in [0.05, 0.1) is 13.3 Å². The first-order chi connectivity index (χ1) is 9.63. The van der Waals surface area contributed by atoms with Crippen LogP contribution >= 0.6 is 0 Å². The Morgan fingerprint density at radius 1 is 1.40 bits per heavy atom. The van der Waals surface area contributed by atoms with Gasteiger partial charge in [-0.2, -0.15) is 5.10 Å². The summed E-state index contributed by atoms with van der Waals surface area (Å²) >= 11 is 0. The second-order valence-corrected chi connectivity index (χ2v) is 5.13. The number of ether oxygens (including phenoxy) is 1. The summed E-state index contributed by atoms with van der Waals surface area (Å²) in [6.07, 6.45) is 6.08. The van der Waals surface area contributed by atoms with Gasteiger partial charge < -0.3 is 10.1 Å². The van der Waals surface area contributed by atoms with E-state index in [1.807, 2.05) is 31.0 Å². The number of aromatic nitrogens is 2. The SMILES string of the molecule is CNC(CCc1cnn(C)c1)c1ccc(OC)c(C)c1. The summed E-state index contributed by atoms with van der Waals surface area (Å²) in [5, 5.41) is 7.60. The molecule has 0 saturated heterocycles. The third-order valence-corrected chi connectivity index (χ3v) is 3.65. The van der Waals surface area contributed by atoms with E-state index in [0.29, 0.717) is 6.04 Å². The quantitative estimate of drug-likeness (QED) is 0.879. The minimum Gasteiger partial charge on any atom is -0.496 e. The van der Waals surface area contributed by atoms with Crippen molar-refractivity contribution in [1.82, 2.24) is 15.1 Å². The van der Waals surface area contributed by atoms with Crippen molar-refractivity contribution in [2.24, 2.45) is 7.05 Å². The molecule has 0 amide bonds. The Morgan fingerprint density at radius 2 is 2.20 bits per heavy atom. The van der Waals surface area contributed by atoms with Crippen molar-refractivity contribution in [1.29, 1.82) is 0 Å². The summed E-state index contributed by atoms with van der Waals surface area (Å²) in [4.78, 5) is 0. The van der Waals surface area contributed by atoms with Gasteiger partial charge in [0.1, 0.15) is 5.75 Å². The average molecular weight is 273 g/mol. The minimum absolute atomic E-state index is 0.347. The second kappa shape index (κ2) is 6.57. The van der Waals surface area contributed by atoms with Crippen molar-refractivity contribution in [3.05, 3.63) is 47.3 Å². The highest BCUT2D eigenvalue weighted by atomic mass is 16.5. The minimum atomic E-state index is 0.347. The van der Waals surface area contributed by atoms with Gasteiger partial charge in [-0.15, -0.1) is 0 Å². The lowest BCUT2D eigenvalue weighted by Crippen LogP contribution is -2.17. The molecule has 0 aliphatic rings. The topological polar surface area (TPSA) is 39.1 Å². The number of benzene rings is 1. The fourth-order valence-corrected chi connectivity index (χ4v) is 2.51. The predicted molar refractivity (Wildman–Crippen MR) is 81.1 cm³/mol. The number of hydrogen-bond acceptors (Lipinski definition) is 3. The molecular formula is C16H23N3O. The molecule has 1 atom stereocenters. The zero-order chi connectivity index (χ0) is 14.5. The fraction of sp³-hybridized carbons (Fsp3) is 0.438. The molecule has 0 saturated carbocycles. The van der Waals surface area contributed by atoms with Gasteiger partial charge in [0.25, 0.3) is 0 Å². The van der Waals surface area contributed by atoms with Crippen molar-refractivity contribution >= 4 is 0 Å². The van der Waals surface area contributed by atoms with Crippen molar-refractivity contribution < 1.29 is 4.74 Å². The monoisotopic (exact) mass is 273 g/mol. The van der Waals surface area contributed by atoms with E-state index in [2.05, 4.69) is 35.7 Å². The molecule has 2 aromatic rings. The van der Waals surface area contributed by atoms with Crippen LogP contribution < -0.4 is 10.1 Å². The first kappa shape index (κ1) is 14.6. The standard InChI is InChI=1S/C16H23N3O/c1-12-9-14(6-8-16(12)20-4)15(17-2)7-5-13-10-18-19(3)11-13/h6,8-11,15,17H,5,7H2,1-4H3. The molecule has 1 aromatic carbocycles. The number of hydrogen-bond donors (Lipinski definition) is 1. The van der Waals surface area contributed by atoms with Crippen LogP contribution in [0.25, 0.3) is 0 Å². The van der Waals surface area contributed by atoms with Gasteiger partial charge in [0.15, 0.2) is 0 Å². The molecule has 4 nitrogen and oxygen atoms in total. The third-order valence-electron chi connectivity index (χ3n) is 3.65. The number of nitrogens with one attached hydrogen (secondary N) is 1. The third kappa shape index (κ3) is 3.39. The number of nitrogens with zero attached hydrogens (tertiary/aromatic N) is 2. The highest BCUT2D eigenvalue weighted by molar-refractivity contribution is 5.37. The lowest BCUT2D eigenvalue weighted by Gasteiger charge is -2.17. The van der Waals surface area contributed by atoms with Crippen LogP contribution in [-0.2, 0) is 13.5 Å². The van der Waals surface area contributed by atoms with Gasteiger partial charge >= 0.3 is 0 Å². The Labute approximate surface area is 120 Å². The molecule has 20 heavy (non-hydrogen) atoms. The largest absolute Gasteiger partial charge is 0.496 e. The maximum absolute atomic E-state index is 5.31. The van der Waals surface area contributed by atoms with Crippen LogP contribution in [0.1, 0.15) is 29.2 Å². The molecule has 0 aliphatic carbocycles. The molecule has 4 heteroatoms. The van der Waals surface area contributed by atoms with Crippen LogP contribution in [0.2, 0.25) is 0 Å². The molecule has 1 unspecified atom stereocenters. The zero-order valence-corrected chi connectivity index (χ0v) is 12.7. The van der Waals surface area contributed by atoms with Gasteiger partial charge in [0.2, 0.25) is 0 Å². The Morgan fingerprint density at radius 3 is 2.75 bits per heavy atom. The van der Waals surface area contributed by atoms with Gasteiger partial charge in [-0.05, 0) is 49.6 Å². The van der Waals surface area contributed by atoms with Crippen LogP contribution in [0.3, 0.4) is 0 Å². The summed E-state index contributed by atoms with van der Waals surface area (Å²) in [5.74, 6) is 0.941. The maximum Gasteiger partial charge on any atom is 0.121 e. The van der Waals surface area contributed by atoms with Gasteiger partial charge in [0, 0.05) is 19.3 Å². The van der Waals surface area contributed by atoms with Gasteiger partial charge in [-0.25, -0.2) is 0 Å². The predicted octanol–water partition coefficient (Wildman–Crippen LogP) is 2.63. The molecule has 1 heterocycles. The zero-order valence-electron chi connectivity index (χ0n) is 12.7. The van der Waals surface area contributed by atoms with Crippen molar-refractivity contribution in [2.75, 3.05) is 14.2 Å². The van der Waals surface area contributed by atoms with Gasteiger partial charge in [-0.3, -0.25) is 4.68 Å². The lowest BCUT2D eigenvalue weighted by atomic mass is 9.98. The van der Waals surface area contributed by atoms with Crippen LogP contribution in [0.15, 0.2) is 30.6 Å². The molecule has 108 valence electrons. The number of methoxy groups -OCH3 is 1. The van der Waals surface area contributed by atoms with Crippen LogP contribution in [0.5, 0.6) is 5.75 Å². The van der Waals surface area contributed by atoms with Crippen molar-refractivity contribution in [2.45, 2.75) is 25.8 Å². The Bertz CT molecular complexity index is 563. The molecule has 1 aromatic heterocycles. The summed E-state index contributed by atoms with van der Waals surface area (Å²) in [6.45, 7) is 2.08. The molecule has 0 spiro atoms. The van der Waals surface area contributed by atoms with Crippen molar-refractivity contribution in [3.63, 3.8) is 0 Å². The molecule has 0 fully saturated rings. The number of aryl methyl sites for hydroxylation is 3.